The van der Waals surface area contributed by atoms with Crippen molar-refractivity contribution < 1.29 is 4.79 Å². The molecule has 1 aromatic carbocycles. The van der Waals surface area contributed by atoms with Crippen LogP contribution < -0.4 is 11.1 Å². The molecule has 1 aliphatic heterocycles. The van der Waals surface area contributed by atoms with Gasteiger partial charge in [-0.15, -0.1) is 0 Å². The molecule has 0 unspecified atom stereocenters. The van der Waals surface area contributed by atoms with Gasteiger partial charge in [0.15, 0.2) is 0 Å². The summed E-state index contributed by atoms with van der Waals surface area (Å²) >= 11 is 9.63. The van der Waals surface area contributed by atoms with Crippen molar-refractivity contribution >= 4 is 33.4 Å². The second-order valence-electron chi connectivity index (χ2n) is 5.13. The molecule has 0 saturated carbocycles. The number of nitrogens with zero attached hydrogens (tertiary/aromatic N) is 1. The van der Waals surface area contributed by atoms with Crippen LogP contribution in [0.2, 0.25) is 5.02 Å². The van der Waals surface area contributed by atoms with Gasteiger partial charge in [0.2, 0.25) is 5.91 Å². The predicted octanol–water partition coefficient (Wildman–Crippen LogP) is 2.14. The lowest BCUT2D eigenvalue weighted by atomic mass is 10.0. The SMILES string of the molecule is NC(=O)CN1CCC(NCc2cc(Br)ccc2Cl)CC1. The van der Waals surface area contributed by atoms with Crippen molar-refractivity contribution in [3.05, 3.63) is 33.3 Å². The fourth-order valence-corrected chi connectivity index (χ4v) is 3.04. The summed E-state index contributed by atoms with van der Waals surface area (Å²) in [7, 11) is 0. The molecule has 1 fully saturated rings. The van der Waals surface area contributed by atoms with Crippen molar-refractivity contribution in [2.45, 2.75) is 25.4 Å². The largest absolute Gasteiger partial charge is 0.369 e. The number of nitrogens with two attached hydrogens (primary N) is 1. The lowest BCUT2D eigenvalue weighted by Crippen LogP contribution is -2.45. The van der Waals surface area contributed by atoms with E-state index in [4.69, 9.17) is 17.3 Å². The minimum atomic E-state index is -0.252. The van der Waals surface area contributed by atoms with E-state index in [1.54, 1.807) is 0 Å². The number of likely N-dealkylation sites (tertiary alicyclic amines) is 1. The van der Waals surface area contributed by atoms with E-state index in [1.165, 1.54) is 0 Å². The van der Waals surface area contributed by atoms with Crippen molar-refractivity contribution in [1.82, 2.24) is 10.2 Å². The van der Waals surface area contributed by atoms with Gasteiger partial charge in [0.25, 0.3) is 0 Å². The third-order valence-electron chi connectivity index (χ3n) is 3.56. The molecular weight excluding hydrogens is 342 g/mol. The molecule has 0 radical (unpaired) electrons. The molecule has 110 valence electrons. The summed E-state index contributed by atoms with van der Waals surface area (Å²) in [5.41, 5.74) is 6.31. The van der Waals surface area contributed by atoms with Crippen LogP contribution >= 0.6 is 27.5 Å². The number of nitrogens with one attached hydrogen (secondary N) is 1. The van der Waals surface area contributed by atoms with Gasteiger partial charge >= 0.3 is 0 Å². The first-order valence-corrected chi connectivity index (χ1v) is 7.89. The zero-order valence-corrected chi connectivity index (χ0v) is 13.6. The summed E-state index contributed by atoms with van der Waals surface area (Å²) < 4.78 is 1.04. The monoisotopic (exact) mass is 359 g/mol. The average molecular weight is 361 g/mol. The van der Waals surface area contributed by atoms with Gasteiger partial charge in [0.05, 0.1) is 6.54 Å². The summed E-state index contributed by atoms with van der Waals surface area (Å²) in [6.45, 7) is 2.95. The smallest absolute Gasteiger partial charge is 0.231 e. The second-order valence-corrected chi connectivity index (χ2v) is 6.46. The molecule has 1 amide bonds. The van der Waals surface area contributed by atoms with Crippen LogP contribution in [0.25, 0.3) is 0 Å². The number of halogens is 2. The first kappa shape index (κ1) is 15.8. The average Bonchev–Trinajstić information content (AvgIpc) is 2.41. The fraction of sp³-hybridized carbons (Fsp3) is 0.500. The maximum atomic E-state index is 10.9. The van der Waals surface area contributed by atoms with E-state index < -0.39 is 0 Å². The molecule has 0 atom stereocenters. The number of benzene rings is 1. The van der Waals surface area contributed by atoms with Gasteiger partial charge < -0.3 is 11.1 Å². The highest BCUT2D eigenvalue weighted by Gasteiger charge is 2.19. The highest BCUT2D eigenvalue weighted by atomic mass is 79.9. The Bertz CT molecular complexity index is 475. The van der Waals surface area contributed by atoms with Crippen LogP contribution in [0.3, 0.4) is 0 Å². The Balaban J connectivity index is 1.78. The lowest BCUT2D eigenvalue weighted by Gasteiger charge is -2.31. The number of hydrogen-bond acceptors (Lipinski definition) is 3. The molecule has 3 N–H and O–H groups in total. The van der Waals surface area contributed by atoms with Crippen LogP contribution in [0.1, 0.15) is 18.4 Å². The Hall–Kier alpha value is -0.620. The van der Waals surface area contributed by atoms with Crippen LogP contribution in [-0.4, -0.2) is 36.5 Å². The molecule has 1 heterocycles. The van der Waals surface area contributed by atoms with Gasteiger partial charge in [-0.25, -0.2) is 0 Å². The minimum Gasteiger partial charge on any atom is -0.369 e. The Morgan fingerprint density at radius 2 is 2.15 bits per heavy atom. The molecule has 1 saturated heterocycles. The zero-order valence-electron chi connectivity index (χ0n) is 11.2. The third-order valence-corrected chi connectivity index (χ3v) is 4.42. The second kappa shape index (κ2) is 7.41. The van der Waals surface area contributed by atoms with Crippen molar-refractivity contribution in [3.63, 3.8) is 0 Å². The van der Waals surface area contributed by atoms with Gasteiger partial charge in [-0.05, 0) is 36.6 Å². The molecule has 0 aliphatic carbocycles. The van der Waals surface area contributed by atoms with Crippen LogP contribution in [0, 0.1) is 0 Å². The molecule has 0 bridgehead atoms. The number of hydrogen-bond donors (Lipinski definition) is 2. The Labute approximate surface area is 132 Å². The van der Waals surface area contributed by atoms with E-state index in [0.717, 1.165) is 47.5 Å². The van der Waals surface area contributed by atoms with Crippen LogP contribution in [-0.2, 0) is 11.3 Å². The van der Waals surface area contributed by atoms with Gasteiger partial charge in [0, 0.05) is 35.2 Å². The molecule has 20 heavy (non-hydrogen) atoms. The van der Waals surface area contributed by atoms with Crippen molar-refractivity contribution in [3.8, 4) is 0 Å². The molecule has 6 heteroatoms. The Morgan fingerprint density at radius 3 is 2.80 bits per heavy atom. The fourth-order valence-electron chi connectivity index (χ4n) is 2.45. The quantitative estimate of drug-likeness (QED) is 0.846. The zero-order chi connectivity index (χ0) is 14.5. The molecular formula is C14H19BrClN3O. The predicted molar refractivity (Wildman–Crippen MR) is 84.6 cm³/mol. The highest BCUT2D eigenvalue weighted by molar-refractivity contribution is 9.10. The van der Waals surface area contributed by atoms with Crippen LogP contribution in [0.5, 0.6) is 0 Å². The Kier molecular flexibility index (Phi) is 5.84. The molecule has 1 aliphatic rings. The Morgan fingerprint density at radius 1 is 1.45 bits per heavy atom. The number of primary amides is 1. The summed E-state index contributed by atoms with van der Waals surface area (Å²) in [5.74, 6) is -0.252. The normalized spacial score (nSPS) is 17.3. The summed E-state index contributed by atoms with van der Waals surface area (Å²) in [6, 6.07) is 6.35. The van der Waals surface area contributed by atoms with Gasteiger partial charge in [-0.1, -0.05) is 27.5 Å². The summed E-state index contributed by atoms with van der Waals surface area (Å²) in [4.78, 5) is 13.0. The van der Waals surface area contributed by atoms with Crippen molar-refractivity contribution in [1.29, 1.82) is 0 Å². The minimum absolute atomic E-state index is 0.252. The van der Waals surface area contributed by atoms with E-state index in [-0.39, 0.29) is 5.91 Å². The molecule has 1 aromatic rings. The van der Waals surface area contributed by atoms with E-state index in [2.05, 4.69) is 26.1 Å². The molecule has 0 spiro atoms. The summed E-state index contributed by atoms with van der Waals surface area (Å²) in [5, 5.41) is 4.32. The van der Waals surface area contributed by atoms with E-state index in [1.807, 2.05) is 18.2 Å². The number of carbonyl (C=O) groups is 1. The van der Waals surface area contributed by atoms with Crippen LogP contribution in [0.15, 0.2) is 22.7 Å². The van der Waals surface area contributed by atoms with E-state index in [9.17, 15) is 4.79 Å². The number of rotatable bonds is 5. The number of amides is 1. The van der Waals surface area contributed by atoms with Crippen LogP contribution in [0.4, 0.5) is 0 Å². The molecule has 0 aromatic heterocycles. The maximum Gasteiger partial charge on any atom is 0.231 e. The first-order valence-electron chi connectivity index (χ1n) is 6.72. The maximum absolute atomic E-state index is 10.9. The topological polar surface area (TPSA) is 58.4 Å². The summed E-state index contributed by atoms with van der Waals surface area (Å²) in [6.07, 6.45) is 2.05. The first-order chi connectivity index (χ1) is 9.54. The van der Waals surface area contributed by atoms with Gasteiger partial charge in [-0.3, -0.25) is 9.69 Å². The van der Waals surface area contributed by atoms with E-state index >= 15 is 0 Å². The number of carbonyl (C=O) groups excluding carboxylic acids is 1. The molecule has 2 rings (SSSR count). The van der Waals surface area contributed by atoms with Gasteiger partial charge in [-0.2, -0.15) is 0 Å². The standard InChI is InChI=1S/C14H19BrClN3O/c15-11-1-2-13(16)10(7-11)8-18-12-3-5-19(6-4-12)9-14(17)20/h1-2,7,12,18H,3-6,8-9H2,(H2,17,20). The third kappa shape index (κ3) is 4.74. The number of piperidine rings is 1. The molecule has 4 nitrogen and oxygen atoms in total. The lowest BCUT2D eigenvalue weighted by molar-refractivity contribution is -0.119. The van der Waals surface area contributed by atoms with Crippen molar-refractivity contribution in [2.75, 3.05) is 19.6 Å². The highest BCUT2D eigenvalue weighted by Crippen LogP contribution is 2.21. The van der Waals surface area contributed by atoms with E-state index in [0.29, 0.717) is 12.6 Å². The van der Waals surface area contributed by atoms with Crippen molar-refractivity contribution in [2.24, 2.45) is 5.73 Å². The van der Waals surface area contributed by atoms with Gasteiger partial charge in [0.1, 0.15) is 0 Å².